The van der Waals surface area contributed by atoms with E-state index in [0.29, 0.717) is 11.5 Å². The summed E-state index contributed by atoms with van der Waals surface area (Å²) in [6.07, 6.45) is 4.71. The number of nitrogens with zero attached hydrogens (tertiary/aromatic N) is 2. The highest BCUT2D eigenvalue weighted by molar-refractivity contribution is 6.05. The Hall–Kier alpha value is -2.63. The fourth-order valence-electron chi connectivity index (χ4n) is 4.01. The first kappa shape index (κ1) is 22.1. The van der Waals surface area contributed by atoms with E-state index in [1.165, 1.54) is 11.1 Å². The van der Waals surface area contributed by atoms with Gasteiger partial charge in [0.15, 0.2) is 0 Å². The monoisotopic (exact) mass is 424 g/mol. The fourth-order valence-corrected chi connectivity index (χ4v) is 4.01. The zero-order chi connectivity index (χ0) is 20.2. The number of hydrogen-bond donors (Lipinski definition) is 2. The van der Waals surface area contributed by atoms with Crippen LogP contribution in [0.15, 0.2) is 54.7 Å². The number of nitrogens with one attached hydrogen (secondary N) is 2. The molecule has 0 saturated carbocycles. The quantitative estimate of drug-likeness (QED) is 0.613. The number of carbonyl (C=O) groups is 1. The number of rotatable bonds is 5. The highest BCUT2D eigenvalue weighted by Crippen LogP contribution is 2.31. The van der Waals surface area contributed by atoms with Crippen LogP contribution in [0.1, 0.15) is 52.9 Å². The average molecular weight is 425 g/mol. The summed E-state index contributed by atoms with van der Waals surface area (Å²) in [5.41, 5.74) is 5.93. The molecule has 0 unspecified atom stereocenters. The van der Waals surface area contributed by atoms with Gasteiger partial charge in [-0.05, 0) is 74.7 Å². The summed E-state index contributed by atoms with van der Waals surface area (Å²) in [6.45, 7) is 6.12. The van der Waals surface area contributed by atoms with Gasteiger partial charge >= 0.3 is 0 Å². The molecule has 30 heavy (non-hydrogen) atoms. The molecule has 1 amide bonds. The zero-order valence-electron chi connectivity index (χ0n) is 17.5. The number of aryl methyl sites for hydroxylation is 2. The highest BCUT2D eigenvalue weighted by Gasteiger charge is 2.27. The highest BCUT2D eigenvalue weighted by atomic mass is 35.5. The third-order valence-corrected chi connectivity index (χ3v) is 5.64. The van der Waals surface area contributed by atoms with E-state index in [1.807, 2.05) is 22.9 Å². The normalized spacial score (nSPS) is 14.2. The SMILES string of the molecule is CCc1ccc(NC(=O)c2cnn(-c3cccc(C)c3)c2C2CCNCC2)cc1.Cl. The molecular formula is C24H29ClN4O. The fraction of sp³-hybridized carbons (Fsp3) is 0.333. The van der Waals surface area contributed by atoms with Gasteiger partial charge in [0, 0.05) is 11.6 Å². The summed E-state index contributed by atoms with van der Waals surface area (Å²) in [5.74, 6) is 0.212. The number of hydrogen-bond acceptors (Lipinski definition) is 3. The maximum absolute atomic E-state index is 13.2. The predicted molar refractivity (Wildman–Crippen MR) is 124 cm³/mol. The van der Waals surface area contributed by atoms with Gasteiger partial charge in [-0.1, -0.05) is 31.2 Å². The lowest BCUT2D eigenvalue weighted by Crippen LogP contribution is -2.29. The molecule has 2 heterocycles. The van der Waals surface area contributed by atoms with Crippen molar-refractivity contribution in [1.29, 1.82) is 0 Å². The van der Waals surface area contributed by atoms with E-state index < -0.39 is 0 Å². The second-order valence-corrected chi connectivity index (χ2v) is 7.72. The number of benzene rings is 2. The number of halogens is 1. The minimum atomic E-state index is -0.0957. The second kappa shape index (κ2) is 9.92. The summed E-state index contributed by atoms with van der Waals surface area (Å²) in [7, 11) is 0. The molecule has 1 aliphatic heterocycles. The van der Waals surface area contributed by atoms with Gasteiger partial charge in [-0.25, -0.2) is 4.68 Å². The third kappa shape index (κ3) is 4.74. The van der Waals surface area contributed by atoms with E-state index in [2.05, 4.69) is 59.9 Å². The molecule has 2 aromatic carbocycles. The molecule has 3 aromatic rings. The van der Waals surface area contributed by atoms with E-state index >= 15 is 0 Å². The minimum Gasteiger partial charge on any atom is -0.322 e. The van der Waals surface area contributed by atoms with Crippen molar-refractivity contribution in [2.75, 3.05) is 18.4 Å². The van der Waals surface area contributed by atoms with Gasteiger partial charge < -0.3 is 10.6 Å². The van der Waals surface area contributed by atoms with Gasteiger partial charge in [0.25, 0.3) is 5.91 Å². The van der Waals surface area contributed by atoms with Crippen molar-refractivity contribution < 1.29 is 4.79 Å². The van der Waals surface area contributed by atoms with E-state index in [1.54, 1.807) is 6.20 Å². The van der Waals surface area contributed by atoms with Crippen LogP contribution in [0, 0.1) is 6.92 Å². The molecule has 0 radical (unpaired) electrons. The van der Waals surface area contributed by atoms with Gasteiger partial charge in [-0.2, -0.15) is 5.10 Å². The van der Waals surface area contributed by atoms with Crippen LogP contribution in [0.5, 0.6) is 0 Å². The largest absolute Gasteiger partial charge is 0.322 e. The Labute approximate surface area is 184 Å². The van der Waals surface area contributed by atoms with Gasteiger partial charge in [0.1, 0.15) is 0 Å². The third-order valence-electron chi connectivity index (χ3n) is 5.64. The topological polar surface area (TPSA) is 59.0 Å². The Bertz CT molecular complexity index is 991. The maximum atomic E-state index is 13.2. The lowest BCUT2D eigenvalue weighted by Gasteiger charge is -2.24. The molecule has 0 aliphatic carbocycles. The molecule has 4 rings (SSSR count). The van der Waals surface area contributed by atoms with Crippen molar-refractivity contribution in [3.63, 3.8) is 0 Å². The molecule has 1 aromatic heterocycles. The van der Waals surface area contributed by atoms with Crippen LogP contribution >= 0.6 is 12.4 Å². The first-order valence-corrected chi connectivity index (χ1v) is 10.4. The molecule has 0 spiro atoms. The van der Waals surface area contributed by atoms with Crippen LogP contribution in [0.4, 0.5) is 5.69 Å². The summed E-state index contributed by atoms with van der Waals surface area (Å²) in [6, 6.07) is 16.3. The Balaban J connectivity index is 0.00000256. The average Bonchev–Trinajstić information content (AvgIpc) is 3.20. The molecule has 5 nitrogen and oxygen atoms in total. The smallest absolute Gasteiger partial charge is 0.259 e. The van der Waals surface area contributed by atoms with Gasteiger partial charge in [-0.3, -0.25) is 4.79 Å². The number of aromatic nitrogens is 2. The molecule has 1 fully saturated rings. The van der Waals surface area contributed by atoms with Crippen molar-refractivity contribution >= 4 is 24.0 Å². The van der Waals surface area contributed by atoms with Crippen molar-refractivity contribution in [1.82, 2.24) is 15.1 Å². The summed E-state index contributed by atoms with van der Waals surface area (Å²) < 4.78 is 1.96. The van der Waals surface area contributed by atoms with Crippen LogP contribution < -0.4 is 10.6 Å². The summed E-state index contributed by atoms with van der Waals surface area (Å²) in [4.78, 5) is 13.2. The first-order valence-electron chi connectivity index (χ1n) is 10.4. The molecule has 1 saturated heterocycles. The number of carbonyl (C=O) groups excluding carboxylic acids is 1. The van der Waals surface area contributed by atoms with Crippen LogP contribution in [0.3, 0.4) is 0 Å². The molecule has 1 aliphatic rings. The maximum Gasteiger partial charge on any atom is 0.259 e. The van der Waals surface area contributed by atoms with Crippen molar-refractivity contribution in [3.05, 3.63) is 77.1 Å². The lowest BCUT2D eigenvalue weighted by atomic mass is 9.91. The molecule has 2 N–H and O–H groups in total. The first-order chi connectivity index (χ1) is 14.2. The molecule has 158 valence electrons. The number of piperidine rings is 1. The predicted octanol–water partition coefficient (Wildman–Crippen LogP) is 4.88. The van der Waals surface area contributed by atoms with Crippen LogP contribution in [-0.4, -0.2) is 28.8 Å². The van der Waals surface area contributed by atoms with E-state index in [9.17, 15) is 4.79 Å². The van der Waals surface area contributed by atoms with Crippen molar-refractivity contribution in [3.8, 4) is 5.69 Å². The number of amides is 1. The molecule has 0 atom stereocenters. The zero-order valence-corrected chi connectivity index (χ0v) is 18.3. The van der Waals surface area contributed by atoms with E-state index in [4.69, 9.17) is 0 Å². The van der Waals surface area contributed by atoms with E-state index in [0.717, 1.165) is 49.4 Å². The van der Waals surface area contributed by atoms with Gasteiger partial charge in [0.05, 0.1) is 23.1 Å². The number of anilines is 1. The van der Waals surface area contributed by atoms with E-state index in [-0.39, 0.29) is 18.3 Å². The Morgan fingerprint density at radius 2 is 1.90 bits per heavy atom. The Kier molecular flexibility index (Phi) is 7.29. The Morgan fingerprint density at radius 1 is 1.17 bits per heavy atom. The van der Waals surface area contributed by atoms with Crippen LogP contribution in [-0.2, 0) is 6.42 Å². The Morgan fingerprint density at radius 3 is 2.57 bits per heavy atom. The standard InChI is InChI=1S/C24H28N4O.ClH/c1-3-18-7-9-20(10-8-18)27-24(29)22-16-26-28(21-6-4-5-17(2)15-21)23(22)19-11-13-25-14-12-19;/h4-10,15-16,19,25H,3,11-14H2,1-2H3,(H,27,29);1H. The summed E-state index contributed by atoms with van der Waals surface area (Å²) >= 11 is 0. The summed E-state index contributed by atoms with van der Waals surface area (Å²) in [5, 5.41) is 11.1. The molecule has 6 heteroatoms. The molecular weight excluding hydrogens is 396 g/mol. The minimum absolute atomic E-state index is 0. The second-order valence-electron chi connectivity index (χ2n) is 7.72. The van der Waals surface area contributed by atoms with Crippen LogP contribution in [0.25, 0.3) is 5.69 Å². The molecule has 0 bridgehead atoms. The lowest BCUT2D eigenvalue weighted by molar-refractivity contribution is 0.102. The van der Waals surface area contributed by atoms with Crippen LogP contribution in [0.2, 0.25) is 0 Å². The van der Waals surface area contributed by atoms with Gasteiger partial charge in [0.2, 0.25) is 0 Å². The van der Waals surface area contributed by atoms with Gasteiger partial charge in [-0.15, -0.1) is 12.4 Å². The van der Waals surface area contributed by atoms with Crippen molar-refractivity contribution in [2.24, 2.45) is 0 Å². The van der Waals surface area contributed by atoms with Crippen molar-refractivity contribution in [2.45, 2.75) is 39.0 Å².